The Morgan fingerprint density at radius 2 is 1.86 bits per heavy atom. The summed E-state index contributed by atoms with van der Waals surface area (Å²) < 4.78 is 5.47. The van der Waals surface area contributed by atoms with E-state index in [1.54, 1.807) is 25.1 Å². The van der Waals surface area contributed by atoms with Crippen molar-refractivity contribution < 1.29 is 9.53 Å². The second-order valence-corrected chi connectivity index (χ2v) is 6.81. The maximum atomic E-state index is 12.2. The first-order valence-electron chi connectivity index (χ1n) is 9.35. The Hall–Kier alpha value is -3.41. The fraction of sp³-hybridized carbons (Fsp3) is 0.227. The van der Waals surface area contributed by atoms with Crippen molar-refractivity contribution in [2.24, 2.45) is 0 Å². The lowest BCUT2D eigenvalue weighted by atomic mass is 10.1. The van der Waals surface area contributed by atoms with Gasteiger partial charge in [-0.2, -0.15) is 0 Å². The molecule has 2 aromatic carbocycles. The predicted molar refractivity (Wildman–Crippen MR) is 108 cm³/mol. The molecule has 0 amide bonds. The van der Waals surface area contributed by atoms with Gasteiger partial charge in [0.15, 0.2) is 11.9 Å². The van der Waals surface area contributed by atoms with Gasteiger partial charge in [-0.15, -0.1) is 0 Å². The highest BCUT2D eigenvalue weighted by atomic mass is 16.5. The van der Waals surface area contributed by atoms with Gasteiger partial charge in [0.2, 0.25) is 0 Å². The predicted octanol–water partition coefficient (Wildman–Crippen LogP) is 4.03. The van der Waals surface area contributed by atoms with E-state index in [4.69, 9.17) is 4.74 Å². The number of nitrogens with one attached hydrogen (secondary N) is 2. The lowest BCUT2D eigenvalue weighted by molar-refractivity contribution is -0.149. The summed E-state index contributed by atoms with van der Waals surface area (Å²) in [5.41, 5.74) is 2.64. The van der Waals surface area contributed by atoms with Crippen LogP contribution in [-0.4, -0.2) is 20.9 Å². The zero-order valence-electron chi connectivity index (χ0n) is 15.6. The fourth-order valence-electron chi connectivity index (χ4n) is 3.37. The Labute approximate surface area is 161 Å². The highest BCUT2D eigenvalue weighted by Gasteiger charge is 2.15. The summed E-state index contributed by atoms with van der Waals surface area (Å²) in [6.45, 7) is 1.71. The third kappa shape index (κ3) is 3.67. The largest absolute Gasteiger partial charge is 0.454 e. The lowest BCUT2D eigenvalue weighted by Gasteiger charge is -2.13. The Morgan fingerprint density at radius 3 is 2.71 bits per heavy atom. The molecule has 4 aromatic rings. The summed E-state index contributed by atoms with van der Waals surface area (Å²) in [4.78, 5) is 34.7. The smallest absolute Gasteiger partial charge is 0.306 e. The van der Waals surface area contributed by atoms with E-state index >= 15 is 0 Å². The number of aryl methyl sites for hydroxylation is 1. The third-order valence-electron chi connectivity index (χ3n) is 4.83. The quantitative estimate of drug-likeness (QED) is 0.498. The zero-order chi connectivity index (χ0) is 19.5. The second-order valence-electron chi connectivity index (χ2n) is 6.81. The number of para-hydroxylation sites is 2. The molecule has 0 bridgehead atoms. The molecular weight excluding hydrogens is 354 g/mol. The molecule has 0 aliphatic carbocycles. The van der Waals surface area contributed by atoms with Gasteiger partial charge in [0.1, 0.15) is 0 Å². The Bertz CT molecular complexity index is 1190. The van der Waals surface area contributed by atoms with Gasteiger partial charge < -0.3 is 14.7 Å². The van der Waals surface area contributed by atoms with Gasteiger partial charge in [0.25, 0.3) is 5.56 Å². The Morgan fingerprint density at radius 1 is 1.11 bits per heavy atom. The molecule has 0 aliphatic heterocycles. The van der Waals surface area contributed by atoms with Crippen LogP contribution in [0.25, 0.3) is 21.8 Å². The van der Waals surface area contributed by atoms with E-state index in [9.17, 15) is 9.59 Å². The van der Waals surface area contributed by atoms with Crippen molar-refractivity contribution in [3.8, 4) is 0 Å². The minimum absolute atomic E-state index is 0.233. The van der Waals surface area contributed by atoms with Crippen LogP contribution in [0.2, 0.25) is 0 Å². The number of nitrogens with zero attached hydrogens (tertiary/aromatic N) is 1. The number of rotatable bonds is 6. The van der Waals surface area contributed by atoms with Crippen LogP contribution in [-0.2, 0) is 16.0 Å². The van der Waals surface area contributed by atoms with Gasteiger partial charge in [-0.05, 0) is 43.5 Å². The molecule has 1 atom stereocenters. The van der Waals surface area contributed by atoms with Crippen LogP contribution >= 0.6 is 0 Å². The summed E-state index contributed by atoms with van der Waals surface area (Å²) in [7, 11) is 0. The van der Waals surface area contributed by atoms with E-state index in [-0.39, 0.29) is 11.5 Å². The van der Waals surface area contributed by atoms with Gasteiger partial charge in [-0.1, -0.05) is 30.3 Å². The zero-order valence-corrected chi connectivity index (χ0v) is 15.6. The molecule has 4 rings (SSSR count). The number of H-pyrrole nitrogens is 2. The highest BCUT2D eigenvalue weighted by molar-refractivity contribution is 5.83. The summed E-state index contributed by atoms with van der Waals surface area (Å²) in [5.74, 6) is 0.0526. The third-order valence-corrected chi connectivity index (χ3v) is 4.83. The van der Waals surface area contributed by atoms with Crippen LogP contribution in [0.1, 0.15) is 37.3 Å². The number of fused-ring (bicyclic) bond motifs is 2. The fourth-order valence-corrected chi connectivity index (χ4v) is 3.37. The van der Waals surface area contributed by atoms with Crippen LogP contribution in [0.4, 0.5) is 0 Å². The lowest BCUT2D eigenvalue weighted by Crippen LogP contribution is -2.17. The standard InChI is InChI=1S/C22H21N3O3/c1-14(21-24-19-11-5-3-9-17(19)22(27)25-21)28-20(26)12-6-7-15-13-23-18-10-4-2-8-16(15)18/h2-5,8-11,13-14,23H,6-7,12H2,1H3,(H,24,25,27). The van der Waals surface area contributed by atoms with Crippen LogP contribution in [0, 0.1) is 0 Å². The topological polar surface area (TPSA) is 87.8 Å². The number of aromatic nitrogens is 3. The van der Waals surface area contributed by atoms with Gasteiger partial charge in [-0.3, -0.25) is 9.59 Å². The first kappa shape index (κ1) is 18.0. The van der Waals surface area contributed by atoms with Crippen molar-refractivity contribution in [3.63, 3.8) is 0 Å². The van der Waals surface area contributed by atoms with Crippen LogP contribution in [0.15, 0.2) is 59.5 Å². The molecule has 0 saturated carbocycles. The van der Waals surface area contributed by atoms with Crippen molar-refractivity contribution in [1.29, 1.82) is 0 Å². The van der Waals surface area contributed by atoms with E-state index < -0.39 is 6.10 Å². The minimum Gasteiger partial charge on any atom is -0.454 e. The molecule has 2 aromatic heterocycles. The Kier molecular flexibility index (Phi) is 4.93. The second kappa shape index (κ2) is 7.68. The molecule has 142 valence electrons. The molecule has 0 saturated heterocycles. The van der Waals surface area contributed by atoms with Crippen molar-refractivity contribution in [1.82, 2.24) is 15.0 Å². The number of aromatic amines is 2. The monoisotopic (exact) mass is 375 g/mol. The molecule has 28 heavy (non-hydrogen) atoms. The normalized spacial score (nSPS) is 12.3. The van der Waals surface area contributed by atoms with Gasteiger partial charge in [0.05, 0.1) is 10.9 Å². The van der Waals surface area contributed by atoms with Crippen molar-refractivity contribution in [3.05, 3.63) is 76.5 Å². The molecule has 0 spiro atoms. The summed E-state index contributed by atoms with van der Waals surface area (Å²) in [6, 6.07) is 15.2. The first-order chi connectivity index (χ1) is 13.6. The molecule has 6 nitrogen and oxygen atoms in total. The molecule has 6 heteroatoms. The number of esters is 1. The number of carbonyl (C=O) groups excluding carboxylic acids is 1. The van der Waals surface area contributed by atoms with E-state index in [1.165, 1.54) is 10.9 Å². The van der Waals surface area contributed by atoms with Crippen molar-refractivity contribution in [2.45, 2.75) is 32.3 Å². The molecule has 0 aliphatic rings. The molecular formula is C22H21N3O3. The highest BCUT2D eigenvalue weighted by Crippen LogP contribution is 2.20. The van der Waals surface area contributed by atoms with Crippen LogP contribution in [0.3, 0.4) is 0 Å². The van der Waals surface area contributed by atoms with E-state index in [0.717, 1.165) is 11.9 Å². The number of ether oxygens (including phenoxy) is 1. The van der Waals surface area contributed by atoms with Gasteiger partial charge in [-0.25, -0.2) is 4.98 Å². The average Bonchev–Trinajstić information content (AvgIpc) is 3.11. The Balaban J connectivity index is 1.36. The van der Waals surface area contributed by atoms with Crippen molar-refractivity contribution >= 4 is 27.8 Å². The number of benzene rings is 2. The first-order valence-corrected chi connectivity index (χ1v) is 9.35. The number of hydrogen-bond donors (Lipinski definition) is 2. The minimum atomic E-state index is -0.613. The maximum Gasteiger partial charge on any atom is 0.306 e. The summed E-state index contributed by atoms with van der Waals surface area (Å²) >= 11 is 0. The summed E-state index contributed by atoms with van der Waals surface area (Å²) in [5, 5.41) is 1.70. The van der Waals surface area contributed by atoms with Gasteiger partial charge >= 0.3 is 5.97 Å². The molecule has 2 heterocycles. The van der Waals surface area contributed by atoms with E-state index in [2.05, 4.69) is 21.0 Å². The van der Waals surface area contributed by atoms with Crippen molar-refractivity contribution in [2.75, 3.05) is 0 Å². The molecule has 0 radical (unpaired) electrons. The number of carbonyl (C=O) groups is 1. The molecule has 0 fully saturated rings. The summed E-state index contributed by atoms with van der Waals surface area (Å²) in [6.07, 6.45) is 3.16. The van der Waals surface area contributed by atoms with Crippen LogP contribution < -0.4 is 5.56 Å². The molecule has 1 unspecified atom stereocenters. The number of hydrogen-bond acceptors (Lipinski definition) is 4. The van der Waals surface area contributed by atoms with E-state index in [0.29, 0.717) is 29.6 Å². The average molecular weight is 375 g/mol. The van der Waals surface area contributed by atoms with Gasteiger partial charge in [0, 0.05) is 23.5 Å². The molecule has 2 N–H and O–H groups in total. The van der Waals surface area contributed by atoms with Crippen LogP contribution in [0.5, 0.6) is 0 Å². The maximum absolute atomic E-state index is 12.2. The SMILES string of the molecule is CC(OC(=O)CCCc1c[nH]c2ccccc12)c1nc2ccccc2c(=O)[nH]1. The van der Waals surface area contributed by atoms with E-state index in [1.807, 2.05) is 30.5 Å².